The molecule has 7 heteroatoms. The van der Waals surface area contributed by atoms with E-state index < -0.39 is 11.7 Å². The largest absolute Gasteiger partial charge is 0.416 e. The number of nitrogens with zero attached hydrogens (tertiary/aromatic N) is 1. The molecule has 0 aliphatic carbocycles. The summed E-state index contributed by atoms with van der Waals surface area (Å²) in [5.41, 5.74) is -0.273. The Balaban J connectivity index is 2.06. The Bertz CT molecular complexity index is 596. The van der Waals surface area contributed by atoms with Crippen LogP contribution in [0.5, 0.6) is 0 Å². The molecule has 108 valence electrons. The molecule has 1 N–H and O–H groups in total. The summed E-state index contributed by atoms with van der Waals surface area (Å²) in [5, 5.41) is 4.10. The number of rotatable bonds is 4. The van der Waals surface area contributed by atoms with Crippen LogP contribution in [0.1, 0.15) is 22.4 Å². The number of thiazole rings is 1. The molecule has 1 aromatic carbocycles. The van der Waals surface area contributed by atoms with E-state index in [1.54, 1.807) is 17.5 Å². The first-order valence-electron chi connectivity index (χ1n) is 5.94. The predicted octanol–water partition coefficient (Wildman–Crippen LogP) is 4.99. The smallest absolute Gasteiger partial charge is 0.379 e. The Labute approximate surface area is 123 Å². The molecule has 0 saturated carbocycles. The second-order valence-electron chi connectivity index (χ2n) is 4.12. The van der Waals surface area contributed by atoms with Crippen LogP contribution in [0.15, 0.2) is 24.4 Å². The quantitative estimate of drug-likeness (QED) is 0.858. The van der Waals surface area contributed by atoms with Crippen LogP contribution in [0.25, 0.3) is 0 Å². The fourth-order valence-electron chi connectivity index (χ4n) is 1.61. The molecule has 1 aromatic heterocycles. The van der Waals surface area contributed by atoms with Gasteiger partial charge in [-0.05, 0) is 24.6 Å². The van der Waals surface area contributed by atoms with E-state index >= 15 is 0 Å². The van der Waals surface area contributed by atoms with Crippen molar-refractivity contribution in [2.45, 2.75) is 26.1 Å². The Kier molecular flexibility index (Phi) is 4.55. The first kappa shape index (κ1) is 15.1. The molecule has 0 aliphatic heterocycles. The third kappa shape index (κ3) is 3.64. The molecule has 0 atom stereocenters. The summed E-state index contributed by atoms with van der Waals surface area (Å²) in [6, 6.07) is 3.28. The zero-order chi connectivity index (χ0) is 14.8. The number of benzene rings is 1. The molecule has 0 bridgehead atoms. The van der Waals surface area contributed by atoms with Crippen molar-refractivity contribution in [2.75, 3.05) is 5.32 Å². The molecule has 1 heterocycles. The highest BCUT2D eigenvalue weighted by Gasteiger charge is 2.30. The molecule has 0 radical (unpaired) electrons. The first-order valence-corrected chi connectivity index (χ1v) is 7.13. The van der Waals surface area contributed by atoms with Crippen LogP contribution in [0, 0.1) is 0 Å². The second kappa shape index (κ2) is 6.01. The van der Waals surface area contributed by atoms with Gasteiger partial charge in [-0.25, -0.2) is 4.98 Å². The van der Waals surface area contributed by atoms with Crippen LogP contribution >= 0.6 is 22.9 Å². The van der Waals surface area contributed by atoms with Crippen molar-refractivity contribution in [3.8, 4) is 0 Å². The zero-order valence-electron chi connectivity index (χ0n) is 10.6. The number of nitrogens with one attached hydrogen (secondary N) is 1. The Morgan fingerprint density at radius 3 is 2.65 bits per heavy atom. The first-order chi connectivity index (χ1) is 9.40. The van der Waals surface area contributed by atoms with Gasteiger partial charge in [0.2, 0.25) is 0 Å². The number of alkyl halides is 3. The number of hydrogen-bond acceptors (Lipinski definition) is 3. The average Bonchev–Trinajstić information content (AvgIpc) is 2.84. The van der Waals surface area contributed by atoms with Crippen molar-refractivity contribution in [1.29, 1.82) is 0 Å². The van der Waals surface area contributed by atoms with Crippen LogP contribution in [0.4, 0.5) is 18.9 Å². The lowest BCUT2D eigenvalue weighted by molar-refractivity contribution is -0.137. The van der Waals surface area contributed by atoms with Crippen molar-refractivity contribution in [3.63, 3.8) is 0 Å². The van der Waals surface area contributed by atoms with Crippen molar-refractivity contribution < 1.29 is 13.2 Å². The highest BCUT2D eigenvalue weighted by Crippen LogP contribution is 2.33. The van der Waals surface area contributed by atoms with Gasteiger partial charge in [0.15, 0.2) is 0 Å². The molecule has 20 heavy (non-hydrogen) atoms. The molecule has 2 aromatic rings. The summed E-state index contributed by atoms with van der Waals surface area (Å²) >= 11 is 7.43. The van der Waals surface area contributed by atoms with E-state index in [1.165, 1.54) is 6.07 Å². The molecular weight excluding hydrogens is 309 g/mol. The summed E-state index contributed by atoms with van der Waals surface area (Å²) in [5.74, 6) is 0. The van der Waals surface area contributed by atoms with Gasteiger partial charge in [-0.1, -0.05) is 18.5 Å². The molecular formula is C13H12ClF3N2S. The third-order valence-corrected chi connectivity index (χ3v) is 4.11. The summed E-state index contributed by atoms with van der Waals surface area (Å²) in [6.45, 7) is 2.51. The van der Waals surface area contributed by atoms with Gasteiger partial charge in [0.05, 0.1) is 27.8 Å². The fourth-order valence-corrected chi connectivity index (χ4v) is 2.66. The van der Waals surface area contributed by atoms with E-state index in [9.17, 15) is 13.2 Å². The number of aromatic nitrogens is 1. The van der Waals surface area contributed by atoms with Gasteiger partial charge in [0.25, 0.3) is 0 Å². The van der Waals surface area contributed by atoms with E-state index in [0.29, 0.717) is 12.2 Å². The second-order valence-corrected chi connectivity index (χ2v) is 5.73. The van der Waals surface area contributed by atoms with Crippen LogP contribution in [0.2, 0.25) is 5.02 Å². The van der Waals surface area contributed by atoms with Crippen LogP contribution in [0.3, 0.4) is 0 Å². The van der Waals surface area contributed by atoms with Crippen LogP contribution in [-0.2, 0) is 19.1 Å². The lowest BCUT2D eigenvalue weighted by atomic mass is 10.2. The monoisotopic (exact) mass is 320 g/mol. The third-order valence-electron chi connectivity index (χ3n) is 2.65. The lowest BCUT2D eigenvalue weighted by Gasteiger charge is -2.11. The molecule has 0 amide bonds. The maximum atomic E-state index is 12.5. The van der Waals surface area contributed by atoms with Gasteiger partial charge in [-0.2, -0.15) is 13.2 Å². The SMILES string of the molecule is CCc1ncc(CNc2ccc(C(F)(F)F)cc2Cl)s1. The van der Waals surface area contributed by atoms with Gasteiger partial charge in [0.1, 0.15) is 0 Å². The number of anilines is 1. The zero-order valence-corrected chi connectivity index (χ0v) is 12.2. The minimum Gasteiger partial charge on any atom is -0.379 e. The highest BCUT2D eigenvalue weighted by molar-refractivity contribution is 7.11. The van der Waals surface area contributed by atoms with E-state index in [0.717, 1.165) is 28.4 Å². The summed E-state index contributed by atoms with van der Waals surface area (Å²) in [7, 11) is 0. The van der Waals surface area contributed by atoms with Crippen molar-refractivity contribution >= 4 is 28.6 Å². The van der Waals surface area contributed by atoms with Crippen LogP contribution in [-0.4, -0.2) is 4.98 Å². The van der Waals surface area contributed by atoms with Gasteiger partial charge >= 0.3 is 6.18 Å². The molecule has 0 saturated heterocycles. The predicted molar refractivity (Wildman–Crippen MR) is 75.3 cm³/mol. The average molecular weight is 321 g/mol. The van der Waals surface area contributed by atoms with Gasteiger partial charge in [-0.15, -0.1) is 11.3 Å². The van der Waals surface area contributed by atoms with Gasteiger partial charge < -0.3 is 5.32 Å². The molecule has 0 spiro atoms. The van der Waals surface area contributed by atoms with Crippen molar-refractivity contribution in [1.82, 2.24) is 4.98 Å². The van der Waals surface area contributed by atoms with E-state index in [-0.39, 0.29) is 5.02 Å². The summed E-state index contributed by atoms with van der Waals surface area (Å²) in [4.78, 5) is 5.22. The summed E-state index contributed by atoms with van der Waals surface area (Å²) < 4.78 is 37.5. The highest BCUT2D eigenvalue weighted by atomic mass is 35.5. The van der Waals surface area contributed by atoms with Crippen LogP contribution < -0.4 is 5.32 Å². The fraction of sp³-hybridized carbons (Fsp3) is 0.308. The van der Waals surface area contributed by atoms with Gasteiger partial charge in [0, 0.05) is 11.1 Å². The van der Waals surface area contributed by atoms with E-state index in [1.807, 2.05) is 6.92 Å². The topological polar surface area (TPSA) is 24.9 Å². The Morgan fingerprint density at radius 2 is 2.10 bits per heavy atom. The van der Waals surface area contributed by atoms with Gasteiger partial charge in [-0.3, -0.25) is 0 Å². The Morgan fingerprint density at radius 1 is 1.35 bits per heavy atom. The van der Waals surface area contributed by atoms with E-state index in [2.05, 4.69) is 10.3 Å². The lowest BCUT2D eigenvalue weighted by Crippen LogP contribution is -2.05. The number of hydrogen-bond donors (Lipinski definition) is 1. The van der Waals surface area contributed by atoms with Crippen molar-refractivity contribution in [2.24, 2.45) is 0 Å². The number of halogens is 4. The van der Waals surface area contributed by atoms with E-state index in [4.69, 9.17) is 11.6 Å². The minimum atomic E-state index is -4.38. The summed E-state index contributed by atoms with van der Waals surface area (Å²) in [6.07, 6.45) is -1.75. The minimum absolute atomic E-state index is 0.0556. The van der Waals surface area contributed by atoms with Crippen molar-refractivity contribution in [3.05, 3.63) is 44.9 Å². The Hall–Kier alpha value is -1.27. The number of aryl methyl sites for hydroxylation is 1. The molecule has 0 unspecified atom stereocenters. The standard InChI is InChI=1S/C13H12ClF3N2S/c1-2-12-19-7-9(20-12)6-18-11-4-3-8(5-10(11)14)13(15,16)17/h3-5,7,18H,2,6H2,1H3. The molecule has 0 aliphatic rings. The molecule has 2 nitrogen and oxygen atoms in total. The maximum absolute atomic E-state index is 12.5. The molecule has 0 fully saturated rings. The normalized spacial score (nSPS) is 11.7. The molecule has 2 rings (SSSR count). The maximum Gasteiger partial charge on any atom is 0.416 e.